The van der Waals surface area contributed by atoms with E-state index in [2.05, 4.69) is 13.8 Å². The average molecular weight is 583 g/mol. The predicted molar refractivity (Wildman–Crippen MR) is 173 cm³/mol. The predicted octanol–water partition coefficient (Wildman–Crippen LogP) is 9.58. The van der Waals surface area contributed by atoms with Crippen molar-refractivity contribution in [3.05, 3.63) is 65.7 Å². The molecule has 236 valence electrons. The van der Waals surface area contributed by atoms with Gasteiger partial charge in [-0.05, 0) is 36.1 Å². The van der Waals surface area contributed by atoms with Gasteiger partial charge in [-0.1, -0.05) is 140 Å². The van der Waals surface area contributed by atoms with Crippen molar-refractivity contribution < 1.29 is 24.1 Å². The van der Waals surface area contributed by atoms with Crippen molar-refractivity contribution in [2.75, 3.05) is 7.11 Å². The lowest BCUT2D eigenvalue weighted by Gasteiger charge is -2.26. The summed E-state index contributed by atoms with van der Waals surface area (Å²) in [4.78, 5) is 13.2. The molecule has 2 aromatic carbocycles. The molecule has 0 fully saturated rings. The first-order valence-electron chi connectivity index (χ1n) is 16.7. The summed E-state index contributed by atoms with van der Waals surface area (Å²) in [5, 5.41) is 11.4. The molecule has 0 saturated carbocycles. The Morgan fingerprint density at radius 1 is 0.690 bits per heavy atom. The zero-order chi connectivity index (χ0) is 30.3. The summed E-state index contributed by atoms with van der Waals surface area (Å²) in [5.41, 5.74) is 2.02. The third kappa shape index (κ3) is 15.7. The summed E-state index contributed by atoms with van der Waals surface area (Å²) in [6.45, 7) is 5.14. The number of benzene rings is 2. The minimum absolute atomic E-state index is 0.119. The second kappa shape index (κ2) is 23.1. The molecule has 5 heteroatoms. The highest BCUT2D eigenvalue weighted by atomic mass is 16.5. The highest BCUT2D eigenvalue weighted by molar-refractivity contribution is 5.73. The average Bonchev–Trinajstić information content (AvgIpc) is 3.02. The van der Waals surface area contributed by atoms with Crippen molar-refractivity contribution in [3.8, 4) is 5.75 Å². The lowest BCUT2D eigenvalue weighted by molar-refractivity contribution is -0.155. The van der Waals surface area contributed by atoms with Crippen LogP contribution in [0.3, 0.4) is 0 Å². The quantitative estimate of drug-likeness (QED) is 0.0933. The summed E-state index contributed by atoms with van der Waals surface area (Å²) in [7, 11) is 1.66. The third-order valence-electron chi connectivity index (χ3n) is 8.14. The Morgan fingerprint density at radius 3 is 1.86 bits per heavy atom. The highest BCUT2D eigenvalue weighted by Gasteiger charge is 2.30. The van der Waals surface area contributed by atoms with Crippen molar-refractivity contribution in [1.29, 1.82) is 0 Å². The van der Waals surface area contributed by atoms with Gasteiger partial charge in [-0.3, -0.25) is 4.79 Å². The number of aliphatic hydroxyl groups is 1. The number of carbonyl (C=O) groups excluding carboxylic acids is 1. The smallest absolute Gasteiger partial charge is 0.311 e. The molecule has 2 rings (SSSR count). The number of rotatable bonds is 25. The molecule has 0 aliphatic heterocycles. The Kier molecular flexibility index (Phi) is 19.7. The number of carbonyl (C=O) groups is 1. The minimum atomic E-state index is -0.797. The van der Waals surface area contributed by atoms with E-state index >= 15 is 0 Å². The van der Waals surface area contributed by atoms with E-state index in [0.29, 0.717) is 19.4 Å². The minimum Gasteiger partial charge on any atom is -0.497 e. The van der Waals surface area contributed by atoms with Crippen molar-refractivity contribution in [1.82, 2.24) is 0 Å². The maximum Gasteiger partial charge on any atom is 0.311 e. The van der Waals surface area contributed by atoms with Crippen LogP contribution in [0, 0.1) is 5.92 Å². The molecule has 0 aliphatic carbocycles. The molecular weight excluding hydrogens is 524 g/mol. The molecule has 3 atom stereocenters. The topological polar surface area (TPSA) is 65.0 Å². The molecule has 0 saturated heterocycles. The molecule has 0 heterocycles. The Morgan fingerprint density at radius 2 is 1.24 bits per heavy atom. The number of ether oxygens (including phenoxy) is 3. The Balaban J connectivity index is 1.97. The van der Waals surface area contributed by atoms with E-state index in [1.807, 2.05) is 54.6 Å². The van der Waals surface area contributed by atoms with E-state index in [-0.39, 0.29) is 18.7 Å². The van der Waals surface area contributed by atoms with Crippen molar-refractivity contribution in [2.45, 2.75) is 142 Å². The third-order valence-corrected chi connectivity index (χ3v) is 8.14. The van der Waals surface area contributed by atoms with E-state index in [1.54, 1.807) is 7.11 Å². The van der Waals surface area contributed by atoms with Crippen LogP contribution in [0.4, 0.5) is 0 Å². The summed E-state index contributed by atoms with van der Waals surface area (Å²) in [6.07, 6.45) is 16.7. The van der Waals surface area contributed by atoms with Gasteiger partial charge in [0.05, 0.1) is 31.8 Å². The fourth-order valence-electron chi connectivity index (χ4n) is 5.42. The van der Waals surface area contributed by atoms with Crippen LogP contribution in [0.15, 0.2) is 54.6 Å². The zero-order valence-electron chi connectivity index (χ0n) is 26.7. The molecule has 42 heavy (non-hydrogen) atoms. The summed E-state index contributed by atoms with van der Waals surface area (Å²) in [5.74, 6) is -0.0269. The molecule has 0 aromatic heterocycles. The largest absolute Gasteiger partial charge is 0.497 e. The lowest BCUT2D eigenvalue weighted by Crippen LogP contribution is -2.33. The SMILES string of the molecule is CCCCCCCCCCC[C@H](C[C@H](O)[C@H](CCCCCC)C(=O)OCc1ccccc1)OCc1ccc(OC)cc1. The number of aliphatic hydroxyl groups excluding tert-OH is 1. The van der Waals surface area contributed by atoms with E-state index in [4.69, 9.17) is 14.2 Å². The van der Waals surface area contributed by atoms with Crippen LogP contribution in [-0.4, -0.2) is 30.4 Å². The summed E-state index contributed by atoms with van der Waals surface area (Å²) < 4.78 is 17.4. The van der Waals surface area contributed by atoms with E-state index in [9.17, 15) is 9.90 Å². The molecule has 5 nitrogen and oxygen atoms in total. The van der Waals surface area contributed by atoms with Crippen LogP contribution in [-0.2, 0) is 27.5 Å². The number of esters is 1. The van der Waals surface area contributed by atoms with Gasteiger partial charge in [-0.2, -0.15) is 0 Å². The first kappa shape index (κ1) is 35.8. The van der Waals surface area contributed by atoms with Crippen LogP contribution < -0.4 is 4.74 Å². The first-order valence-corrected chi connectivity index (χ1v) is 16.7. The van der Waals surface area contributed by atoms with Crippen molar-refractivity contribution in [3.63, 3.8) is 0 Å². The highest BCUT2D eigenvalue weighted by Crippen LogP contribution is 2.25. The van der Waals surface area contributed by atoms with Gasteiger partial charge >= 0.3 is 5.97 Å². The van der Waals surface area contributed by atoms with Gasteiger partial charge in [-0.25, -0.2) is 0 Å². The van der Waals surface area contributed by atoms with Crippen LogP contribution in [0.5, 0.6) is 5.75 Å². The van der Waals surface area contributed by atoms with Gasteiger partial charge in [0, 0.05) is 6.42 Å². The molecule has 0 amide bonds. The van der Waals surface area contributed by atoms with Crippen LogP contribution in [0.25, 0.3) is 0 Å². The first-order chi connectivity index (χ1) is 20.6. The standard InChI is InChI=1S/C37H58O5/c1-4-6-8-10-11-12-13-14-18-22-34(41-29-32-24-26-33(40-3)27-25-32)28-36(38)35(23-19-9-7-5-2)37(39)42-30-31-20-16-15-17-21-31/h15-17,20-21,24-27,34-36,38H,4-14,18-19,22-23,28-30H2,1-3H3/t34-,35+,36+/m1/s1. The molecule has 1 N–H and O–H groups in total. The van der Waals surface area contributed by atoms with Crippen LogP contribution >= 0.6 is 0 Å². The van der Waals surface area contributed by atoms with Gasteiger partial charge in [0.2, 0.25) is 0 Å². The zero-order valence-corrected chi connectivity index (χ0v) is 26.7. The van der Waals surface area contributed by atoms with Crippen molar-refractivity contribution >= 4 is 5.97 Å². The fourth-order valence-corrected chi connectivity index (χ4v) is 5.42. The number of hydrogen-bond donors (Lipinski definition) is 1. The summed E-state index contributed by atoms with van der Waals surface area (Å²) >= 11 is 0. The van der Waals surface area contributed by atoms with Gasteiger partial charge in [0.1, 0.15) is 12.4 Å². The van der Waals surface area contributed by atoms with E-state index in [1.165, 1.54) is 51.4 Å². The van der Waals surface area contributed by atoms with Gasteiger partial charge in [0.25, 0.3) is 0 Å². The maximum absolute atomic E-state index is 13.2. The lowest BCUT2D eigenvalue weighted by atomic mass is 9.90. The fraction of sp³-hybridized carbons (Fsp3) is 0.649. The van der Waals surface area contributed by atoms with Gasteiger partial charge in [0.15, 0.2) is 0 Å². The maximum atomic E-state index is 13.2. The van der Waals surface area contributed by atoms with Crippen LogP contribution in [0.2, 0.25) is 0 Å². The van der Waals surface area contributed by atoms with Gasteiger partial charge in [-0.15, -0.1) is 0 Å². The number of unbranched alkanes of at least 4 members (excludes halogenated alkanes) is 11. The monoisotopic (exact) mass is 582 g/mol. The van der Waals surface area contributed by atoms with Crippen LogP contribution in [0.1, 0.15) is 128 Å². The second-order valence-corrected chi connectivity index (χ2v) is 11.8. The molecule has 0 unspecified atom stereocenters. The van der Waals surface area contributed by atoms with E-state index in [0.717, 1.165) is 55.4 Å². The Labute approximate surface area is 256 Å². The summed E-state index contributed by atoms with van der Waals surface area (Å²) in [6, 6.07) is 17.7. The van der Waals surface area contributed by atoms with Crippen molar-refractivity contribution in [2.24, 2.45) is 5.92 Å². The molecule has 0 bridgehead atoms. The molecule has 2 aromatic rings. The molecule has 0 radical (unpaired) electrons. The molecule has 0 aliphatic rings. The number of hydrogen-bond acceptors (Lipinski definition) is 5. The normalized spacial score (nSPS) is 13.4. The van der Waals surface area contributed by atoms with Gasteiger partial charge < -0.3 is 19.3 Å². The number of methoxy groups -OCH3 is 1. The molecular formula is C37H58O5. The Bertz CT molecular complexity index is 914. The van der Waals surface area contributed by atoms with E-state index < -0.39 is 12.0 Å². The second-order valence-electron chi connectivity index (χ2n) is 11.8. The molecule has 0 spiro atoms. The Hall–Kier alpha value is -2.37.